The van der Waals surface area contributed by atoms with E-state index in [2.05, 4.69) is 69.4 Å². The molecule has 0 heterocycles. The number of carbonyl (C=O) groups excluding carboxylic acids is 3. The summed E-state index contributed by atoms with van der Waals surface area (Å²) >= 11 is 0. The zero-order valence-electron chi connectivity index (χ0n) is 50.3. The van der Waals surface area contributed by atoms with Gasteiger partial charge in [-0.2, -0.15) is 0 Å². The minimum atomic E-state index is -0.779. The number of unbranched alkanes of at least 4 members (excludes halogenated alkanes) is 42. The topological polar surface area (TPSA) is 78.9 Å². The van der Waals surface area contributed by atoms with Crippen molar-refractivity contribution in [1.82, 2.24) is 0 Å². The number of allylic oxidation sites excluding steroid dienone is 8. The normalized spacial score (nSPS) is 12.3. The molecule has 0 aliphatic heterocycles. The fraction of sp³-hybridized carbons (Fsp3) is 0.841. The molecule has 0 fully saturated rings. The molecule has 1 atom stereocenters. The van der Waals surface area contributed by atoms with E-state index in [-0.39, 0.29) is 31.1 Å². The third-order valence-electron chi connectivity index (χ3n) is 14.8. The van der Waals surface area contributed by atoms with E-state index < -0.39 is 6.10 Å². The molecule has 6 heteroatoms. The predicted octanol–water partition coefficient (Wildman–Crippen LogP) is 22.6. The van der Waals surface area contributed by atoms with E-state index in [0.29, 0.717) is 19.3 Å². The lowest BCUT2D eigenvalue weighted by molar-refractivity contribution is -0.167. The van der Waals surface area contributed by atoms with Gasteiger partial charge in [0.2, 0.25) is 0 Å². The molecule has 0 aliphatic rings. The van der Waals surface area contributed by atoms with Crippen molar-refractivity contribution < 1.29 is 28.6 Å². The van der Waals surface area contributed by atoms with Crippen LogP contribution in [0.25, 0.3) is 0 Å². The molecule has 6 nitrogen and oxygen atoms in total. The SMILES string of the molecule is CCCCCC/C=C\CCCCCCCC(=O)OCC(COC(=O)CCCCCCCCCCCCC/C=C\CCCCCCCCCC)OC(=O)CCCCCCCCCCC/C=C\C/C=C\CCCCCCC. The number of hydrogen-bond donors (Lipinski definition) is 0. The maximum atomic E-state index is 12.9. The summed E-state index contributed by atoms with van der Waals surface area (Å²) in [7, 11) is 0. The van der Waals surface area contributed by atoms with Crippen LogP contribution in [-0.2, 0) is 28.6 Å². The van der Waals surface area contributed by atoms with Gasteiger partial charge in [0.15, 0.2) is 6.10 Å². The van der Waals surface area contributed by atoms with Crippen LogP contribution in [0.5, 0.6) is 0 Å². The van der Waals surface area contributed by atoms with Gasteiger partial charge in [-0.1, -0.05) is 281 Å². The molecule has 0 aromatic heterocycles. The van der Waals surface area contributed by atoms with Crippen LogP contribution in [-0.4, -0.2) is 37.2 Å². The van der Waals surface area contributed by atoms with Crippen molar-refractivity contribution in [1.29, 1.82) is 0 Å². The summed E-state index contributed by atoms with van der Waals surface area (Å²) < 4.78 is 16.9. The number of ether oxygens (including phenoxy) is 3. The Labute approximate surface area is 467 Å². The third-order valence-corrected chi connectivity index (χ3v) is 14.8. The Kier molecular flexibility index (Phi) is 61.7. The van der Waals surface area contributed by atoms with Crippen molar-refractivity contribution in [2.75, 3.05) is 13.2 Å². The monoisotopic (exact) mass is 1050 g/mol. The van der Waals surface area contributed by atoms with Gasteiger partial charge < -0.3 is 14.2 Å². The molecule has 0 radical (unpaired) electrons. The Balaban J connectivity index is 4.29. The first kappa shape index (κ1) is 72.4. The average molecular weight is 1050 g/mol. The Morgan fingerprint density at radius 3 is 0.760 bits per heavy atom. The summed E-state index contributed by atoms with van der Waals surface area (Å²) in [5.74, 6) is -0.869. The van der Waals surface area contributed by atoms with E-state index >= 15 is 0 Å². The minimum absolute atomic E-state index is 0.0754. The fourth-order valence-corrected chi connectivity index (χ4v) is 9.76. The predicted molar refractivity (Wildman–Crippen MR) is 325 cm³/mol. The fourth-order valence-electron chi connectivity index (χ4n) is 9.76. The maximum Gasteiger partial charge on any atom is 0.306 e. The van der Waals surface area contributed by atoms with E-state index in [4.69, 9.17) is 14.2 Å². The van der Waals surface area contributed by atoms with Crippen molar-refractivity contribution in [2.45, 2.75) is 361 Å². The Morgan fingerprint density at radius 1 is 0.267 bits per heavy atom. The zero-order valence-corrected chi connectivity index (χ0v) is 50.3. The molecule has 0 spiro atoms. The van der Waals surface area contributed by atoms with Crippen molar-refractivity contribution in [2.24, 2.45) is 0 Å². The number of rotatable bonds is 61. The van der Waals surface area contributed by atoms with Gasteiger partial charge in [0.25, 0.3) is 0 Å². The third kappa shape index (κ3) is 62.1. The number of carbonyl (C=O) groups is 3. The summed E-state index contributed by atoms with van der Waals surface area (Å²) in [6.45, 7) is 6.65. The van der Waals surface area contributed by atoms with E-state index in [1.165, 1.54) is 244 Å². The van der Waals surface area contributed by atoms with Crippen LogP contribution in [0.1, 0.15) is 355 Å². The lowest BCUT2D eigenvalue weighted by atomic mass is 10.0. The molecule has 0 N–H and O–H groups in total. The first-order valence-corrected chi connectivity index (χ1v) is 33.1. The molecular weight excluding hydrogens is 925 g/mol. The van der Waals surface area contributed by atoms with Crippen molar-refractivity contribution in [3.8, 4) is 0 Å². The van der Waals surface area contributed by atoms with E-state index in [1.807, 2.05) is 0 Å². The van der Waals surface area contributed by atoms with E-state index in [1.54, 1.807) is 0 Å². The van der Waals surface area contributed by atoms with Crippen LogP contribution in [0, 0.1) is 0 Å². The van der Waals surface area contributed by atoms with E-state index in [0.717, 1.165) is 70.6 Å². The van der Waals surface area contributed by atoms with Crippen LogP contribution < -0.4 is 0 Å². The highest BCUT2D eigenvalue weighted by Crippen LogP contribution is 2.17. The smallest absolute Gasteiger partial charge is 0.306 e. The molecule has 0 aromatic rings. The van der Waals surface area contributed by atoms with Gasteiger partial charge in [-0.3, -0.25) is 14.4 Å². The van der Waals surface area contributed by atoms with Crippen molar-refractivity contribution in [3.63, 3.8) is 0 Å². The molecular formula is C69H126O6. The highest BCUT2D eigenvalue weighted by Gasteiger charge is 2.19. The lowest BCUT2D eigenvalue weighted by Crippen LogP contribution is -2.30. The molecule has 75 heavy (non-hydrogen) atoms. The summed E-state index contributed by atoms with van der Waals surface area (Å²) in [6, 6.07) is 0. The largest absolute Gasteiger partial charge is 0.462 e. The molecule has 0 amide bonds. The summed E-state index contributed by atoms with van der Waals surface area (Å²) in [5.41, 5.74) is 0. The lowest BCUT2D eigenvalue weighted by Gasteiger charge is -2.18. The molecule has 0 saturated heterocycles. The quantitative estimate of drug-likeness (QED) is 0.0261. The second-order valence-electron chi connectivity index (χ2n) is 22.4. The van der Waals surface area contributed by atoms with Crippen molar-refractivity contribution >= 4 is 17.9 Å². The van der Waals surface area contributed by atoms with Gasteiger partial charge in [0.05, 0.1) is 0 Å². The van der Waals surface area contributed by atoms with Crippen LogP contribution >= 0.6 is 0 Å². The first-order valence-electron chi connectivity index (χ1n) is 33.1. The second kappa shape index (κ2) is 63.9. The van der Waals surface area contributed by atoms with Gasteiger partial charge in [0, 0.05) is 19.3 Å². The Morgan fingerprint density at radius 2 is 0.480 bits per heavy atom. The average Bonchev–Trinajstić information content (AvgIpc) is 3.41. The highest BCUT2D eigenvalue weighted by molar-refractivity contribution is 5.71. The molecule has 1 unspecified atom stereocenters. The zero-order chi connectivity index (χ0) is 54.3. The molecule has 0 rings (SSSR count). The van der Waals surface area contributed by atoms with Gasteiger partial charge >= 0.3 is 17.9 Å². The van der Waals surface area contributed by atoms with E-state index in [9.17, 15) is 14.4 Å². The molecule has 0 aliphatic carbocycles. The summed E-state index contributed by atoms with van der Waals surface area (Å²) in [5, 5.41) is 0. The summed E-state index contributed by atoms with van der Waals surface area (Å²) in [6.07, 6.45) is 79.8. The molecule has 0 aromatic carbocycles. The minimum Gasteiger partial charge on any atom is -0.462 e. The van der Waals surface area contributed by atoms with Crippen LogP contribution in [0.4, 0.5) is 0 Å². The summed E-state index contributed by atoms with van der Waals surface area (Å²) in [4.78, 5) is 38.3. The Hall–Kier alpha value is -2.63. The first-order chi connectivity index (χ1) is 37.0. The van der Waals surface area contributed by atoms with Crippen molar-refractivity contribution in [3.05, 3.63) is 48.6 Å². The van der Waals surface area contributed by atoms with Crippen LogP contribution in [0.15, 0.2) is 48.6 Å². The van der Waals surface area contributed by atoms with Crippen LogP contribution in [0.2, 0.25) is 0 Å². The molecule has 438 valence electrons. The van der Waals surface area contributed by atoms with Crippen LogP contribution in [0.3, 0.4) is 0 Å². The highest BCUT2D eigenvalue weighted by atomic mass is 16.6. The van der Waals surface area contributed by atoms with Gasteiger partial charge in [0.1, 0.15) is 13.2 Å². The maximum absolute atomic E-state index is 12.9. The standard InChI is InChI=1S/C69H126O6/c1-4-7-10-13-16-19-22-25-27-29-31-33-34-36-37-39-41-44-47-50-53-56-59-62-68(71)74-65-66(64-73-67(70)61-58-55-52-49-46-43-24-21-18-15-12-9-6-3)75-69(72)63-60-57-54-51-48-45-42-40-38-35-32-30-28-26-23-20-17-14-11-8-5-2/h21,23-24,26,29-32,66H,4-20,22,25,27-28,33-65H2,1-3H3/b24-21-,26-23-,31-29-,32-30-. The van der Waals surface area contributed by atoms with Gasteiger partial charge in [-0.25, -0.2) is 0 Å². The Bertz CT molecular complexity index is 1300. The molecule has 0 bridgehead atoms. The molecule has 0 saturated carbocycles. The van der Waals surface area contributed by atoms with Gasteiger partial charge in [-0.15, -0.1) is 0 Å². The number of hydrogen-bond acceptors (Lipinski definition) is 6. The second-order valence-corrected chi connectivity index (χ2v) is 22.4. The van der Waals surface area contributed by atoms with Gasteiger partial charge in [-0.05, 0) is 103 Å². The number of esters is 3.